The number of piperidine rings is 2. The number of thiophene rings is 1. The lowest BCUT2D eigenvalue weighted by Crippen LogP contribution is -2.57. The van der Waals surface area contributed by atoms with Crippen molar-refractivity contribution in [1.82, 2.24) is 24.9 Å². The standard InChI is InChI=1S/C32H39F6N7O3S/c33-31(34,35)23-13-19(14-24(27(23)39)32(36,37)38)15-25(28(46)43-9-3-21(4-10-43)42-7-1-2-8-42)40-29(47)44-11-5-22(6-12-44)45-16-20-17-49-18-26(20)41-30(45)48/h13-14,17-18,21-22,25H,1-12,15-16,39H2,(H,40,47)(H,41,48)/t25-/m1/s1. The number of nitrogen functional groups attached to an aromatic ring is 1. The minimum Gasteiger partial charge on any atom is -0.398 e. The number of halogens is 6. The second kappa shape index (κ2) is 13.9. The van der Waals surface area contributed by atoms with Gasteiger partial charge >= 0.3 is 24.4 Å². The number of amides is 5. The minimum absolute atomic E-state index is 0.150. The lowest BCUT2D eigenvalue weighted by atomic mass is 9.96. The third-order valence-corrected chi connectivity index (χ3v) is 10.9. The van der Waals surface area contributed by atoms with Gasteiger partial charge in [0.25, 0.3) is 0 Å². The molecule has 5 heterocycles. The summed E-state index contributed by atoms with van der Waals surface area (Å²) in [5.41, 5.74) is 1.95. The molecule has 268 valence electrons. The molecule has 0 radical (unpaired) electrons. The summed E-state index contributed by atoms with van der Waals surface area (Å²) in [5, 5.41) is 9.35. The van der Waals surface area contributed by atoms with Gasteiger partial charge in [-0.25, -0.2) is 9.59 Å². The molecule has 1 atom stereocenters. The molecule has 3 fully saturated rings. The molecule has 6 rings (SSSR count). The molecule has 3 saturated heterocycles. The number of nitrogens with two attached hydrogens (primary N) is 1. The van der Waals surface area contributed by atoms with E-state index in [1.54, 1.807) is 4.90 Å². The van der Waals surface area contributed by atoms with Crippen LogP contribution in [0.25, 0.3) is 0 Å². The summed E-state index contributed by atoms with van der Waals surface area (Å²) in [6.45, 7) is 3.56. The van der Waals surface area contributed by atoms with Crippen LogP contribution in [0.2, 0.25) is 0 Å². The summed E-state index contributed by atoms with van der Waals surface area (Å²) in [5.74, 6) is -0.571. The molecule has 0 unspecified atom stereocenters. The average molecular weight is 716 g/mol. The summed E-state index contributed by atoms with van der Waals surface area (Å²) >= 11 is 1.49. The summed E-state index contributed by atoms with van der Waals surface area (Å²) in [6.07, 6.45) is -6.50. The van der Waals surface area contributed by atoms with Crippen LogP contribution in [-0.2, 0) is 30.1 Å². The first-order valence-electron chi connectivity index (χ1n) is 16.5. The number of nitrogens with one attached hydrogen (secondary N) is 2. The van der Waals surface area contributed by atoms with E-state index >= 15 is 0 Å². The van der Waals surface area contributed by atoms with Gasteiger partial charge in [0.05, 0.1) is 29.0 Å². The quantitative estimate of drug-likeness (QED) is 0.267. The zero-order valence-corrected chi connectivity index (χ0v) is 27.5. The number of anilines is 2. The Morgan fingerprint density at radius 2 is 1.45 bits per heavy atom. The van der Waals surface area contributed by atoms with Crippen LogP contribution in [0.1, 0.15) is 60.8 Å². The first-order chi connectivity index (χ1) is 23.2. The van der Waals surface area contributed by atoms with Gasteiger partial charge in [-0.15, -0.1) is 11.3 Å². The number of urea groups is 2. The SMILES string of the molecule is Nc1c(C(F)(F)F)cc(C[C@@H](NC(=O)N2CCC(N3Cc4cscc4NC3=O)CC2)C(=O)N2CCC(N3CCCC3)CC2)cc1C(F)(F)F. The third-order valence-electron chi connectivity index (χ3n) is 10.1. The smallest absolute Gasteiger partial charge is 0.398 e. The van der Waals surface area contributed by atoms with E-state index in [0.717, 1.165) is 37.2 Å². The Kier molecular flexibility index (Phi) is 9.95. The molecule has 17 heteroatoms. The number of carbonyl (C=O) groups is 3. The van der Waals surface area contributed by atoms with Crippen molar-refractivity contribution in [1.29, 1.82) is 0 Å². The van der Waals surface area contributed by atoms with Gasteiger partial charge in [-0.2, -0.15) is 26.3 Å². The first-order valence-corrected chi connectivity index (χ1v) is 17.4. The first kappa shape index (κ1) is 35.1. The Bertz CT molecular complexity index is 1510. The molecular weight excluding hydrogens is 676 g/mol. The largest absolute Gasteiger partial charge is 0.418 e. The van der Waals surface area contributed by atoms with Crippen molar-refractivity contribution < 1.29 is 40.7 Å². The number of likely N-dealkylation sites (tertiary alicyclic amines) is 3. The number of hydrogen-bond acceptors (Lipinski definition) is 6. The summed E-state index contributed by atoms with van der Waals surface area (Å²) in [4.78, 5) is 47.3. The topological polar surface area (TPSA) is 114 Å². The molecule has 10 nitrogen and oxygen atoms in total. The fraction of sp³-hybridized carbons (Fsp3) is 0.594. The lowest BCUT2D eigenvalue weighted by Gasteiger charge is -2.41. The van der Waals surface area contributed by atoms with Crippen molar-refractivity contribution in [2.75, 3.05) is 50.3 Å². The van der Waals surface area contributed by atoms with Crippen LogP contribution in [0, 0.1) is 0 Å². The zero-order valence-electron chi connectivity index (χ0n) is 26.7. The van der Waals surface area contributed by atoms with Crippen LogP contribution in [0.3, 0.4) is 0 Å². The Balaban J connectivity index is 1.18. The van der Waals surface area contributed by atoms with Crippen LogP contribution in [-0.4, -0.2) is 95.0 Å². The number of benzene rings is 1. The lowest BCUT2D eigenvalue weighted by molar-refractivity contribution is -0.141. The summed E-state index contributed by atoms with van der Waals surface area (Å²) < 4.78 is 82.9. The van der Waals surface area contributed by atoms with Crippen molar-refractivity contribution in [3.05, 3.63) is 45.1 Å². The molecular formula is C32H39F6N7O3S. The van der Waals surface area contributed by atoms with Crippen LogP contribution in [0.5, 0.6) is 0 Å². The van der Waals surface area contributed by atoms with E-state index in [2.05, 4.69) is 15.5 Å². The van der Waals surface area contributed by atoms with E-state index in [1.807, 2.05) is 10.8 Å². The highest BCUT2D eigenvalue weighted by Crippen LogP contribution is 2.42. The van der Waals surface area contributed by atoms with E-state index in [9.17, 15) is 40.7 Å². The van der Waals surface area contributed by atoms with E-state index in [-0.39, 0.29) is 31.2 Å². The number of alkyl halides is 6. The summed E-state index contributed by atoms with van der Waals surface area (Å²) in [7, 11) is 0. The van der Waals surface area contributed by atoms with Crippen LogP contribution in [0.15, 0.2) is 22.9 Å². The number of rotatable bonds is 6. The monoisotopic (exact) mass is 715 g/mol. The molecule has 1 aromatic carbocycles. The van der Waals surface area contributed by atoms with Gasteiger partial charge in [-0.3, -0.25) is 4.79 Å². The molecule has 4 aliphatic rings. The second-order valence-corrected chi connectivity index (χ2v) is 13.9. The van der Waals surface area contributed by atoms with Crippen molar-refractivity contribution in [2.45, 2.75) is 82.0 Å². The molecule has 2 aromatic rings. The van der Waals surface area contributed by atoms with Crippen LogP contribution in [0.4, 0.5) is 47.3 Å². The van der Waals surface area contributed by atoms with Gasteiger partial charge in [0.15, 0.2) is 0 Å². The number of carbonyl (C=O) groups excluding carboxylic acids is 3. The number of hydrogen-bond donors (Lipinski definition) is 3. The molecule has 49 heavy (non-hydrogen) atoms. The molecule has 5 amide bonds. The maximum atomic E-state index is 13.9. The molecule has 0 spiro atoms. The van der Waals surface area contributed by atoms with E-state index in [4.69, 9.17) is 5.73 Å². The molecule has 0 aliphatic carbocycles. The Morgan fingerprint density at radius 1 is 0.878 bits per heavy atom. The molecule has 0 bridgehead atoms. The van der Waals surface area contributed by atoms with Gasteiger partial charge in [-0.05, 0) is 74.7 Å². The predicted molar refractivity (Wildman–Crippen MR) is 171 cm³/mol. The molecule has 4 N–H and O–H groups in total. The van der Waals surface area contributed by atoms with Crippen molar-refractivity contribution >= 4 is 40.7 Å². The van der Waals surface area contributed by atoms with Crippen molar-refractivity contribution in [3.8, 4) is 0 Å². The van der Waals surface area contributed by atoms with Gasteiger partial charge < -0.3 is 36.0 Å². The molecule has 0 saturated carbocycles. The Labute approximate surface area is 283 Å². The van der Waals surface area contributed by atoms with Gasteiger partial charge in [-0.1, -0.05) is 0 Å². The summed E-state index contributed by atoms with van der Waals surface area (Å²) in [6, 6.07) is -1.14. The van der Waals surface area contributed by atoms with Crippen molar-refractivity contribution in [2.24, 2.45) is 0 Å². The fourth-order valence-corrected chi connectivity index (χ4v) is 8.21. The van der Waals surface area contributed by atoms with Crippen molar-refractivity contribution in [3.63, 3.8) is 0 Å². The zero-order chi connectivity index (χ0) is 35.1. The molecule has 4 aliphatic heterocycles. The van der Waals surface area contributed by atoms with Gasteiger partial charge in [0, 0.05) is 55.6 Å². The van der Waals surface area contributed by atoms with E-state index in [1.165, 1.54) is 21.1 Å². The van der Waals surface area contributed by atoms with E-state index < -0.39 is 59.1 Å². The Morgan fingerprint density at radius 3 is 2.04 bits per heavy atom. The third kappa shape index (κ3) is 7.71. The molecule has 1 aromatic heterocycles. The van der Waals surface area contributed by atoms with Gasteiger partial charge in [0.2, 0.25) is 5.91 Å². The average Bonchev–Trinajstić information content (AvgIpc) is 3.76. The van der Waals surface area contributed by atoms with E-state index in [0.29, 0.717) is 57.5 Å². The highest BCUT2D eigenvalue weighted by Gasteiger charge is 2.42. The second-order valence-electron chi connectivity index (χ2n) is 13.2. The van der Waals surface area contributed by atoms with Gasteiger partial charge in [0.1, 0.15) is 6.04 Å². The normalized spacial score (nSPS) is 20.7. The fourth-order valence-electron chi connectivity index (χ4n) is 7.43. The number of nitrogens with zero attached hydrogens (tertiary/aromatic N) is 4. The maximum absolute atomic E-state index is 13.9. The van der Waals surface area contributed by atoms with Crippen LogP contribution < -0.4 is 16.4 Å². The van der Waals surface area contributed by atoms with Crippen LogP contribution >= 0.6 is 11.3 Å². The highest BCUT2D eigenvalue weighted by atomic mass is 32.1. The minimum atomic E-state index is -5.18. The maximum Gasteiger partial charge on any atom is 0.418 e. The highest BCUT2D eigenvalue weighted by molar-refractivity contribution is 7.08. The number of fused-ring (bicyclic) bond motifs is 1. The Hall–Kier alpha value is -3.73. The predicted octanol–water partition coefficient (Wildman–Crippen LogP) is 5.59.